The van der Waals surface area contributed by atoms with Crippen LogP contribution in [0, 0.1) is 0 Å². The Balaban J connectivity index is 1.31. The van der Waals surface area contributed by atoms with Gasteiger partial charge in [0, 0.05) is 12.3 Å². The Labute approximate surface area is 191 Å². The molecule has 2 amide bonds. The Morgan fingerprint density at radius 1 is 0.909 bits per heavy atom. The van der Waals surface area contributed by atoms with Gasteiger partial charge in [-0.05, 0) is 17.7 Å². The van der Waals surface area contributed by atoms with Gasteiger partial charge in [-0.3, -0.25) is 34.4 Å². The van der Waals surface area contributed by atoms with Crippen LogP contribution in [0.5, 0.6) is 0 Å². The lowest BCUT2D eigenvalue weighted by Gasteiger charge is -2.11. The third-order valence-corrected chi connectivity index (χ3v) is 5.67. The molecule has 2 aromatic carbocycles. The quantitative estimate of drug-likeness (QED) is 0.349. The molecule has 2 heterocycles. The fraction of sp³-hybridized carbons (Fsp3) is 0.136. The van der Waals surface area contributed by atoms with E-state index in [0.29, 0.717) is 5.13 Å². The minimum Gasteiger partial charge on any atom is -0.352 e. The fourth-order valence-corrected chi connectivity index (χ4v) is 3.93. The van der Waals surface area contributed by atoms with Gasteiger partial charge in [-0.15, -0.1) is 0 Å². The van der Waals surface area contributed by atoms with Gasteiger partial charge in [-0.1, -0.05) is 53.8 Å². The van der Waals surface area contributed by atoms with Crippen molar-refractivity contribution in [3.8, 4) is 0 Å². The van der Waals surface area contributed by atoms with E-state index in [0.717, 1.165) is 20.3 Å². The van der Waals surface area contributed by atoms with Crippen LogP contribution in [0.3, 0.4) is 0 Å². The van der Waals surface area contributed by atoms with Gasteiger partial charge in [0.1, 0.15) is 6.54 Å². The van der Waals surface area contributed by atoms with E-state index in [4.69, 9.17) is 0 Å². The number of nitrogens with one attached hydrogen (secondary N) is 3. The molecule has 0 aliphatic rings. The third kappa shape index (κ3) is 5.52. The lowest BCUT2D eigenvalue weighted by molar-refractivity contribution is -0.128. The first-order chi connectivity index (χ1) is 16.0. The second kappa shape index (κ2) is 9.92. The molecule has 4 aromatic rings. The highest BCUT2D eigenvalue weighted by Crippen LogP contribution is 2.24. The standard InChI is InChI=1S/C22H20N6O4S/c29-18(12-23-21-24-16-8-4-5-9-17(16)33-21)25-26-19(30)14-28-20(31)10-11-27(22(28)32)13-15-6-2-1-3-7-15/h1-11H,12-14H2,(H,23,24)(H,25,29)(H,26,30). The number of carbonyl (C=O) groups is 2. The van der Waals surface area contributed by atoms with Gasteiger partial charge in [0.15, 0.2) is 5.13 Å². The van der Waals surface area contributed by atoms with Gasteiger partial charge >= 0.3 is 5.69 Å². The Morgan fingerprint density at radius 3 is 2.42 bits per heavy atom. The molecular formula is C22H20N6O4S. The number of hydrogen-bond acceptors (Lipinski definition) is 7. The average molecular weight is 465 g/mol. The Bertz CT molecular complexity index is 1380. The van der Waals surface area contributed by atoms with Crippen molar-refractivity contribution < 1.29 is 9.59 Å². The largest absolute Gasteiger partial charge is 0.352 e. The van der Waals surface area contributed by atoms with Gasteiger partial charge in [-0.25, -0.2) is 9.78 Å². The summed E-state index contributed by atoms with van der Waals surface area (Å²) in [4.78, 5) is 53.4. The van der Waals surface area contributed by atoms with Gasteiger partial charge < -0.3 is 5.32 Å². The maximum atomic E-state index is 12.6. The number of rotatable bonds is 7. The molecule has 0 saturated heterocycles. The topological polar surface area (TPSA) is 127 Å². The molecular weight excluding hydrogens is 444 g/mol. The predicted octanol–water partition coefficient (Wildman–Crippen LogP) is 0.927. The summed E-state index contributed by atoms with van der Waals surface area (Å²) >= 11 is 1.41. The third-order valence-electron chi connectivity index (χ3n) is 4.67. The lowest BCUT2D eigenvalue weighted by Crippen LogP contribution is -2.48. The highest BCUT2D eigenvalue weighted by atomic mass is 32.1. The van der Waals surface area contributed by atoms with Crippen molar-refractivity contribution in [2.24, 2.45) is 0 Å². The van der Waals surface area contributed by atoms with Crippen molar-refractivity contribution in [2.45, 2.75) is 13.1 Å². The van der Waals surface area contributed by atoms with Crippen molar-refractivity contribution >= 4 is 38.5 Å². The number of benzene rings is 2. The monoisotopic (exact) mass is 464 g/mol. The van der Waals surface area contributed by atoms with Crippen molar-refractivity contribution in [1.29, 1.82) is 0 Å². The molecule has 11 heteroatoms. The minimum atomic E-state index is -0.708. The summed E-state index contributed by atoms with van der Waals surface area (Å²) in [5.74, 6) is -1.22. The first-order valence-corrected chi connectivity index (χ1v) is 10.8. The molecule has 168 valence electrons. The average Bonchev–Trinajstić information content (AvgIpc) is 3.25. The summed E-state index contributed by atoms with van der Waals surface area (Å²) in [7, 11) is 0. The molecule has 0 unspecified atom stereocenters. The second-order valence-corrected chi connectivity index (χ2v) is 8.10. The van der Waals surface area contributed by atoms with Crippen molar-refractivity contribution in [3.05, 3.63) is 93.3 Å². The van der Waals surface area contributed by atoms with Crippen LogP contribution in [0.4, 0.5) is 5.13 Å². The Morgan fingerprint density at radius 2 is 1.64 bits per heavy atom. The Kier molecular flexibility index (Phi) is 6.60. The molecule has 10 nitrogen and oxygen atoms in total. The number of hydrogen-bond donors (Lipinski definition) is 3. The van der Waals surface area contributed by atoms with Crippen LogP contribution in [0.25, 0.3) is 10.2 Å². The minimum absolute atomic E-state index is 0.116. The van der Waals surface area contributed by atoms with Crippen molar-refractivity contribution in [3.63, 3.8) is 0 Å². The number of amides is 2. The molecule has 2 aromatic heterocycles. The zero-order valence-electron chi connectivity index (χ0n) is 17.4. The van der Waals surface area contributed by atoms with Crippen LogP contribution in [0.1, 0.15) is 5.56 Å². The predicted molar refractivity (Wildman–Crippen MR) is 125 cm³/mol. The molecule has 0 atom stereocenters. The summed E-state index contributed by atoms with van der Waals surface area (Å²) in [6.07, 6.45) is 1.39. The van der Waals surface area contributed by atoms with E-state index in [9.17, 15) is 19.2 Å². The molecule has 4 rings (SSSR count). The smallest absolute Gasteiger partial charge is 0.331 e. The lowest BCUT2D eigenvalue weighted by atomic mass is 10.2. The van der Waals surface area contributed by atoms with Crippen LogP contribution in [0.2, 0.25) is 0 Å². The highest BCUT2D eigenvalue weighted by molar-refractivity contribution is 7.22. The summed E-state index contributed by atoms with van der Waals surface area (Å²) in [6.45, 7) is -0.385. The summed E-state index contributed by atoms with van der Waals surface area (Å²) in [5, 5.41) is 3.47. The molecule has 0 aliphatic heterocycles. The van der Waals surface area contributed by atoms with Crippen LogP contribution >= 0.6 is 11.3 Å². The maximum Gasteiger partial charge on any atom is 0.331 e. The zero-order chi connectivity index (χ0) is 23.2. The second-order valence-electron chi connectivity index (χ2n) is 7.07. The van der Waals surface area contributed by atoms with E-state index in [1.807, 2.05) is 54.6 Å². The highest BCUT2D eigenvalue weighted by Gasteiger charge is 2.12. The van der Waals surface area contributed by atoms with Gasteiger partial charge in [0.05, 0.1) is 23.3 Å². The first-order valence-electron chi connectivity index (χ1n) is 10.0. The molecule has 0 bridgehead atoms. The van der Waals surface area contributed by atoms with E-state index in [1.165, 1.54) is 28.2 Å². The molecule has 33 heavy (non-hydrogen) atoms. The van der Waals surface area contributed by atoms with Crippen LogP contribution in [-0.2, 0) is 22.7 Å². The Hall–Kier alpha value is -4.25. The summed E-state index contributed by atoms with van der Waals surface area (Å²) < 4.78 is 3.13. The summed E-state index contributed by atoms with van der Waals surface area (Å²) in [6, 6.07) is 18.1. The fourth-order valence-electron chi connectivity index (χ4n) is 3.07. The number of carbonyl (C=O) groups excluding carboxylic acids is 2. The number of aromatic nitrogens is 3. The van der Waals surface area contributed by atoms with Crippen LogP contribution < -0.4 is 27.4 Å². The molecule has 3 N–H and O–H groups in total. The SMILES string of the molecule is O=C(CNc1nc2ccccc2s1)NNC(=O)Cn1c(=O)ccn(Cc2ccccc2)c1=O. The molecule has 0 spiro atoms. The van der Waals surface area contributed by atoms with E-state index in [1.54, 1.807) is 0 Å². The zero-order valence-corrected chi connectivity index (χ0v) is 18.2. The normalized spacial score (nSPS) is 10.7. The number of para-hydroxylation sites is 1. The van der Waals surface area contributed by atoms with Crippen LogP contribution in [-0.4, -0.2) is 32.5 Å². The van der Waals surface area contributed by atoms with Crippen LogP contribution in [0.15, 0.2) is 76.4 Å². The first kappa shape index (κ1) is 22.0. The van der Waals surface area contributed by atoms with Crippen molar-refractivity contribution in [2.75, 3.05) is 11.9 Å². The number of nitrogens with zero attached hydrogens (tertiary/aromatic N) is 3. The number of fused-ring (bicyclic) bond motifs is 1. The van der Waals surface area contributed by atoms with E-state index in [-0.39, 0.29) is 13.1 Å². The van der Waals surface area contributed by atoms with Crippen molar-refractivity contribution in [1.82, 2.24) is 25.0 Å². The summed E-state index contributed by atoms with van der Waals surface area (Å²) in [5.41, 5.74) is 4.94. The molecule has 0 saturated carbocycles. The van der Waals surface area contributed by atoms with Gasteiger partial charge in [-0.2, -0.15) is 0 Å². The molecule has 0 fully saturated rings. The van der Waals surface area contributed by atoms with E-state index in [2.05, 4.69) is 21.2 Å². The number of thiazole rings is 1. The number of hydrazine groups is 1. The number of anilines is 1. The molecule has 0 radical (unpaired) electrons. The van der Waals surface area contributed by atoms with Gasteiger partial charge in [0.2, 0.25) is 0 Å². The molecule has 0 aliphatic carbocycles. The van der Waals surface area contributed by atoms with E-state index >= 15 is 0 Å². The maximum absolute atomic E-state index is 12.6. The van der Waals surface area contributed by atoms with Gasteiger partial charge in [0.25, 0.3) is 17.4 Å². The van der Waals surface area contributed by atoms with E-state index < -0.39 is 29.6 Å².